The molecule has 0 heterocycles. The van der Waals surface area contributed by atoms with Gasteiger partial charge in [0.15, 0.2) is 4.33 Å². The number of hydrogen-bond donors (Lipinski definition) is 1. The number of halogens is 6. The molecule has 2 nitrogen and oxygen atoms in total. The maximum absolute atomic E-state index is 11.5. The van der Waals surface area contributed by atoms with Gasteiger partial charge in [-0.15, -0.1) is 23.2 Å². The highest BCUT2D eigenvalue weighted by Crippen LogP contribution is 2.78. The van der Waals surface area contributed by atoms with Crippen molar-refractivity contribution >= 4 is 75.6 Å². The largest absolute Gasteiger partial charge is 0.481 e. The average Bonchev–Trinajstić information content (AvgIpc) is 2.59. The van der Waals surface area contributed by atoms with Gasteiger partial charge in [-0.2, -0.15) is 0 Å². The van der Waals surface area contributed by atoms with Gasteiger partial charge in [0.05, 0.1) is 16.0 Å². The van der Waals surface area contributed by atoms with E-state index in [1.165, 1.54) is 0 Å². The highest BCUT2D eigenvalue weighted by Gasteiger charge is 2.83. The summed E-state index contributed by atoms with van der Waals surface area (Å²) in [6, 6.07) is 0. The van der Waals surface area contributed by atoms with Crippen LogP contribution in [0.3, 0.4) is 0 Å². The molecule has 0 aromatic carbocycles. The van der Waals surface area contributed by atoms with Crippen LogP contribution >= 0.6 is 69.6 Å². The summed E-state index contributed by atoms with van der Waals surface area (Å²) in [6.07, 6.45) is 3.85. The molecule has 8 heteroatoms. The predicted octanol–water partition coefficient (Wildman–Crippen LogP) is 4.73. The van der Waals surface area contributed by atoms with Crippen LogP contribution in [0.5, 0.6) is 0 Å². The summed E-state index contributed by atoms with van der Waals surface area (Å²) >= 11 is 38.5. The first kappa shape index (κ1) is 15.6. The van der Waals surface area contributed by atoms with E-state index in [2.05, 4.69) is 0 Å². The number of carboxylic acids is 1. The smallest absolute Gasteiger partial charge is 0.307 e. The summed E-state index contributed by atoms with van der Waals surface area (Å²) in [6.45, 7) is 0. The van der Waals surface area contributed by atoms with Gasteiger partial charge in [-0.3, -0.25) is 4.79 Å². The van der Waals surface area contributed by atoms with Crippen molar-refractivity contribution in [2.45, 2.75) is 20.5 Å². The van der Waals surface area contributed by atoms with E-state index in [4.69, 9.17) is 69.6 Å². The minimum atomic E-state index is -1.69. The maximum Gasteiger partial charge on any atom is 0.307 e. The maximum atomic E-state index is 11.5. The van der Waals surface area contributed by atoms with Crippen LogP contribution in [0.1, 0.15) is 6.42 Å². The number of allylic oxidation sites excluding steroid dienone is 4. The quantitative estimate of drug-likeness (QED) is 0.514. The predicted molar refractivity (Wildman–Crippen MR) is 82.2 cm³/mol. The van der Waals surface area contributed by atoms with Crippen molar-refractivity contribution in [2.75, 3.05) is 0 Å². The lowest BCUT2D eigenvalue weighted by Crippen LogP contribution is -2.46. The van der Waals surface area contributed by atoms with Gasteiger partial charge in [-0.05, 0) is 6.42 Å². The standard InChI is InChI=1S/C12H8Cl6O2/c13-7-8(14)11(16)6-4(9(19)20)2-1-3-5(6)10(7,15)12(11,17)18/h1,3-6H,2H2,(H,19,20). The molecular formula is C12H8Cl6O2. The summed E-state index contributed by atoms with van der Waals surface area (Å²) in [4.78, 5) is 8.59. The third-order valence-corrected chi connectivity index (χ3v) is 8.83. The normalized spacial score (nSPS) is 48.6. The van der Waals surface area contributed by atoms with Crippen LogP contribution < -0.4 is 0 Å². The summed E-state index contributed by atoms with van der Waals surface area (Å²) in [5, 5.41) is 9.56. The molecule has 3 aliphatic rings. The van der Waals surface area contributed by atoms with Crippen LogP contribution in [-0.4, -0.2) is 25.2 Å². The Bertz CT molecular complexity index is 570. The average molecular weight is 397 g/mol. The molecule has 3 aliphatic carbocycles. The second kappa shape index (κ2) is 4.37. The lowest BCUT2D eigenvalue weighted by atomic mass is 9.70. The topological polar surface area (TPSA) is 37.3 Å². The highest BCUT2D eigenvalue weighted by molar-refractivity contribution is 6.65. The van der Waals surface area contributed by atoms with Gasteiger partial charge in [0.25, 0.3) is 0 Å². The molecule has 0 aliphatic heterocycles. The molecule has 0 spiro atoms. The number of aliphatic carboxylic acids is 1. The second-order valence-corrected chi connectivity index (χ2v) is 8.56. The molecule has 0 radical (unpaired) electrons. The first-order valence-corrected chi connectivity index (χ1v) is 8.10. The zero-order valence-corrected chi connectivity index (χ0v) is 14.3. The number of carbonyl (C=O) groups is 1. The summed E-state index contributed by atoms with van der Waals surface area (Å²) in [5.74, 6) is -2.85. The Morgan fingerprint density at radius 1 is 1.15 bits per heavy atom. The molecule has 1 N–H and O–H groups in total. The van der Waals surface area contributed by atoms with E-state index in [9.17, 15) is 9.90 Å². The number of rotatable bonds is 1. The lowest BCUT2D eigenvalue weighted by molar-refractivity contribution is -0.144. The molecule has 20 heavy (non-hydrogen) atoms. The molecule has 0 aromatic rings. The number of hydrogen-bond acceptors (Lipinski definition) is 1. The van der Waals surface area contributed by atoms with E-state index in [1.807, 2.05) is 0 Å². The molecule has 5 unspecified atom stereocenters. The molecule has 0 aromatic heterocycles. The summed E-state index contributed by atoms with van der Waals surface area (Å²) in [5.41, 5.74) is 0. The van der Waals surface area contributed by atoms with Crippen LogP contribution in [0.25, 0.3) is 0 Å². The van der Waals surface area contributed by atoms with Crippen molar-refractivity contribution in [2.24, 2.45) is 17.8 Å². The monoisotopic (exact) mass is 394 g/mol. The molecule has 2 bridgehead atoms. The van der Waals surface area contributed by atoms with Gasteiger partial charge in [-0.25, -0.2) is 0 Å². The molecule has 1 fully saturated rings. The van der Waals surface area contributed by atoms with Crippen LogP contribution in [0, 0.1) is 17.8 Å². The SMILES string of the molecule is O=C(O)C1CC=CC2C1C1(Cl)C(Cl)=C(Cl)C2(Cl)C1(Cl)Cl. The fourth-order valence-electron chi connectivity index (χ4n) is 3.62. The first-order valence-electron chi connectivity index (χ1n) is 5.83. The third kappa shape index (κ3) is 1.40. The van der Waals surface area contributed by atoms with E-state index < -0.39 is 37.8 Å². The molecular weight excluding hydrogens is 389 g/mol. The van der Waals surface area contributed by atoms with E-state index in [0.717, 1.165) is 0 Å². The van der Waals surface area contributed by atoms with Crippen molar-refractivity contribution in [3.8, 4) is 0 Å². The van der Waals surface area contributed by atoms with Crippen LogP contribution in [0.4, 0.5) is 0 Å². The Morgan fingerprint density at radius 2 is 1.70 bits per heavy atom. The molecule has 110 valence electrons. The van der Waals surface area contributed by atoms with Gasteiger partial charge in [0, 0.05) is 11.8 Å². The fraction of sp³-hybridized carbons (Fsp3) is 0.583. The van der Waals surface area contributed by atoms with Crippen molar-refractivity contribution in [3.63, 3.8) is 0 Å². The molecule has 0 amide bonds. The molecule has 1 saturated carbocycles. The van der Waals surface area contributed by atoms with Gasteiger partial charge in [0.2, 0.25) is 0 Å². The zero-order chi connectivity index (χ0) is 15.1. The molecule has 3 rings (SSSR count). The lowest BCUT2D eigenvalue weighted by Gasteiger charge is -2.40. The first-order chi connectivity index (χ1) is 9.11. The van der Waals surface area contributed by atoms with E-state index in [-0.39, 0.29) is 10.1 Å². The van der Waals surface area contributed by atoms with Gasteiger partial charge >= 0.3 is 5.97 Å². The van der Waals surface area contributed by atoms with Crippen molar-refractivity contribution in [3.05, 3.63) is 22.2 Å². The Labute approximate surface area is 145 Å². The molecule has 0 saturated heterocycles. The van der Waals surface area contributed by atoms with Gasteiger partial charge in [0.1, 0.15) is 9.75 Å². The number of alkyl halides is 4. The highest BCUT2D eigenvalue weighted by atomic mass is 35.5. The Balaban J connectivity index is 2.29. The van der Waals surface area contributed by atoms with Crippen LogP contribution in [0.2, 0.25) is 0 Å². The Morgan fingerprint density at radius 3 is 2.25 bits per heavy atom. The van der Waals surface area contributed by atoms with Crippen molar-refractivity contribution in [1.82, 2.24) is 0 Å². The Hall–Kier alpha value is 0.690. The van der Waals surface area contributed by atoms with Crippen molar-refractivity contribution < 1.29 is 9.90 Å². The minimum absolute atomic E-state index is 0.0450. The van der Waals surface area contributed by atoms with Crippen molar-refractivity contribution in [1.29, 1.82) is 0 Å². The zero-order valence-electron chi connectivity index (χ0n) is 9.72. The molecule has 5 atom stereocenters. The number of carboxylic acid groups (broad SMARTS) is 1. The summed E-state index contributed by atoms with van der Waals surface area (Å²) < 4.78 is -1.69. The van der Waals surface area contributed by atoms with Crippen LogP contribution in [-0.2, 0) is 4.79 Å². The minimum Gasteiger partial charge on any atom is -0.481 e. The van der Waals surface area contributed by atoms with E-state index >= 15 is 0 Å². The number of fused-ring (bicyclic) bond motifs is 5. The third-order valence-electron chi connectivity index (χ3n) is 4.54. The van der Waals surface area contributed by atoms with Gasteiger partial charge < -0.3 is 5.11 Å². The Kier molecular flexibility index (Phi) is 3.40. The van der Waals surface area contributed by atoms with Gasteiger partial charge in [-0.1, -0.05) is 58.6 Å². The summed E-state index contributed by atoms with van der Waals surface area (Å²) in [7, 11) is 0. The fourth-order valence-corrected chi connectivity index (χ4v) is 6.66. The van der Waals surface area contributed by atoms with E-state index in [1.54, 1.807) is 12.2 Å². The van der Waals surface area contributed by atoms with E-state index in [0.29, 0.717) is 6.42 Å². The van der Waals surface area contributed by atoms with Crippen LogP contribution in [0.15, 0.2) is 22.2 Å². The second-order valence-electron chi connectivity index (χ2n) is 5.29.